The van der Waals surface area contributed by atoms with E-state index in [2.05, 4.69) is 15.5 Å². The first kappa shape index (κ1) is 20.0. The molecule has 1 aliphatic rings. The molecule has 2 aromatic carbocycles. The number of carbonyl (C=O) groups excluding carboxylic acids is 1. The van der Waals surface area contributed by atoms with Gasteiger partial charge in [0.15, 0.2) is 9.84 Å². The monoisotopic (exact) mass is 426 g/mol. The van der Waals surface area contributed by atoms with Gasteiger partial charge in [0.05, 0.1) is 10.6 Å². The summed E-state index contributed by atoms with van der Waals surface area (Å²) in [5.74, 6) is 0.462. The first-order valence-corrected chi connectivity index (χ1v) is 11.4. The minimum atomic E-state index is -3.38. The van der Waals surface area contributed by atoms with Crippen molar-refractivity contribution in [3.8, 4) is 5.69 Å². The van der Waals surface area contributed by atoms with Gasteiger partial charge < -0.3 is 9.80 Å². The van der Waals surface area contributed by atoms with Crippen molar-refractivity contribution in [3.05, 3.63) is 59.7 Å². The third kappa shape index (κ3) is 3.90. The van der Waals surface area contributed by atoms with Crippen LogP contribution in [0.2, 0.25) is 0 Å². The van der Waals surface area contributed by atoms with Crippen LogP contribution in [0, 0.1) is 6.92 Å². The molecule has 1 amide bonds. The maximum atomic E-state index is 13.0. The summed E-state index contributed by atoms with van der Waals surface area (Å²) in [6.45, 7) is 3.93. The molecule has 0 aliphatic carbocycles. The van der Waals surface area contributed by atoms with Crippen LogP contribution in [0.1, 0.15) is 15.9 Å². The second-order valence-corrected chi connectivity index (χ2v) is 9.27. The topological polar surface area (TPSA) is 101 Å². The third-order valence-electron chi connectivity index (χ3n) is 5.17. The molecule has 1 fully saturated rings. The van der Waals surface area contributed by atoms with E-state index in [0.29, 0.717) is 37.7 Å². The van der Waals surface area contributed by atoms with E-state index in [4.69, 9.17) is 0 Å². The summed E-state index contributed by atoms with van der Waals surface area (Å²) in [6.07, 6.45) is 1.14. The predicted octanol–water partition coefficient (Wildman–Crippen LogP) is 1.34. The van der Waals surface area contributed by atoms with Crippen molar-refractivity contribution < 1.29 is 13.2 Å². The number of amides is 1. The van der Waals surface area contributed by atoms with Gasteiger partial charge in [0.2, 0.25) is 5.95 Å². The molecule has 9 nitrogen and oxygen atoms in total. The molecule has 2 heterocycles. The van der Waals surface area contributed by atoms with Crippen LogP contribution in [0.3, 0.4) is 0 Å². The summed E-state index contributed by atoms with van der Waals surface area (Å²) in [4.78, 5) is 17.0. The molecular weight excluding hydrogens is 404 g/mol. The fourth-order valence-corrected chi connectivity index (χ4v) is 4.11. The zero-order valence-corrected chi connectivity index (χ0v) is 17.6. The number of anilines is 1. The fraction of sp³-hybridized carbons (Fsp3) is 0.300. The summed E-state index contributed by atoms with van der Waals surface area (Å²) in [5, 5.41) is 12.0. The molecule has 0 spiro atoms. The Kier molecular flexibility index (Phi) is 5.25. The molecule has 0 saturated carbocycles. The molecule has 30 heavy (non-hydrogen) atoms. The van der Waals surface area contributed by atoms with Crippen molar-refractivity contribution in [1.29, 1.82) is 0 Å². The number of sulfone groups is 1. The highest BCUT2D eigenvalue weighted by Gasteiger charge is 2.26. The van der Waals surface area contributed by atoms with Gasteiger partial charge in [-0.1, -0.05) is 29.4 Å². The number of hydrogen-bond acceptors (Lipinski definition) is 7. The molecule has 0 N–H and O–H groups in total. The SMILES string of the molecule is Cc1ccc(S(C)(=O)=O)cc1C(=O)N1CCN(c2nnnn2-c2ccccc2)CC1. The van der Waals surface area contributed by atoms with Crippen molar-refractivity contribution in [2.75, 3.05) is 37.3 Å². The van der Waals surface area contributed by atoms with E-state index in [-0.39, 0.29) is 10.8 Å². The van der Waals surface area contributed by atoms with Crippen LogP contribution >= 0.6 is 0 Å². The van der Waals surface area contributed by atoms with Gasteiger partial charge in [-0.25, -0.2) is 8.42 Å². The summed E-state index contributed by atoms with van der Waals surface area (Å²) < 4.78 is 25.4. The fourth-order valence-electron chi connectivity index (χ4n) is 3.46. The van der Waals surface area contributed by atoms with Crippen LogP contribution in [-0.2, 0) is 9.84 Å². The average molecular weight is 427 g/mol. The number of carbonyl (C=O) groups is 1. The van der Waals surface area contributed by atoms with Crippen LogP contribution in [0.15, 0.2) is 53.4 Å². The smallest absolute Gasteiger partial charge is 0.254 e. The van der Waals surface area contributed by atoms with Crippen molar-refractivity contribution in [2.45, 2.75) is 11.8 Å². The van der Waals surface area contributed by atoms with Crippen LogP contribution in [0.4, 0.5) is 5.95 Å². The lowest BCUT2D eigenvalue weighted by molar-refractivity contribution is 0.0745. The molecule has 0 radical (unpaired) electrons. The van der Waals surface area contributed by atoms with E-state index >= 15 is 0 Å². The Labute approximate surface area is 174 Å². The lowest BCUT2D eigenvalue weighted by atomic mass is 10.1. The predicted molar refractivity (Wildman–Crippen MR) is 112 cm³/mol. The van der Waals surface area contributed by atoms with Gasteiger partial charge in [0.1, 0.15) is 0 Å². The quantitative estimate of drug-likeness (QED) is 0.620. The molecule has 3 aromatic rings. The first-order valence-electron chi connectivity index (χ1n) is 9.53. The molecule has 0 bridgehead atoms. The Balaban J connectivity index is 1.50. The highest BCUT2D eigenvalue weighted by atomic mass is 32.2. The van der Waals surface area contributed by atoms with Crippen molar-refractivity contribution in [2.24, 2.45) is 0 Å². The Morgan fingerprint density at radius 1 is 1.00 bits per heavy atom. The molecule has 10 heteroatoms. The standard InChI is InChI=1S/C20H22N6O3S/c1-15-8-9-17(30(2,28)29)14-18(15)19(27)24-10-12-25(13-11-24)20-21-22-23-26(20)16-6-4-3-5-7-16/h3-9,14H,10-13H2,1-2H3. The normalized spacial score (nSPS) is 14.7. The number of benzene rings is 2. The minimum absolute atomic E-state index is 0.150. The molecule has 1 aromatic heterocycles. The molecule has 0 atom stereocenters. The zero-order chi connectivity index (χ0) is 21.3. The summed E-state index contributed by atoms with van der Waals surface area (Å²) in [7, 11) is -3.38. The Hall–Kier alpha value is -3.27. The lowest BCUT2D eigenvalue weighted by Crippen LogP contribution is -2.49. The maximum Gasteiger partial charge on any atom is 0.254 e. The summed E-state index contributed by atoms with van der Waals surface area (Å²) in [5.41, 5.74) is 2.03. The Morgan fingerprint density at radius 3 is 2.37 bits per heavy atom. The van der Waals surface area contributed by atoms with Gasteiger partial charge >= 0.3 is 0 Å². The van der Waals surface area contributed by atoms with Gasteiger partial charge in [-0.2, -0.15) is 4.68 Å². The number of hydrogen-bond donors (Lipinski definition) is 0. The molecule has 156 valence electrons. The van der Waals surface area contributed by atoms with Crippen molar-refractivity contribution in [1.82, 2.24) is 25.1 Å². The minimum Gasteiger partial charge on any atom is -0.336 e. The Bertz CT molecular complexity index is 1170. The van der Waals surface area contributed by atoms with Gasteiger partial charge in [-0.3, -0.25) is 4.79 Å². The second kappa shape index (κ2) is 7.86. The van der Waals surface area contributed by atoms with E-state index in [1.807, 2.05) is 42.2 Å². The number of tetrazole rings is 1. The highest BCUT2D eigenvalue weighted by molar-refractivity contribution is 7.90. The molecule has 0 unspecified atom stereocenters. The van der Waals surface area contributed by atoms with E-state index in [1.165, 1.54) is 12.1 Å². The van der Waals surface area contributed by atoms with Gasteiger partial charge in [-0.15, -0.1) is 0 Å². The van der Waals surface area contributed by atoms with Gasteiger partial charge in [0.25, 0.3) is 5.91 Å². The van der Waals surface area contributed by atoms with Crippen LogP contribution in [-0.4, -0.2) is 71.9 Å². The maximum absolute atomic E-state index is 13.0. The van der Waals surface area contributed by atoms with Crippen LogP contribution in [0.25, 0.3) is 5.69 Å². The average Bonchev–Trinajstić information content (AvgIpc) is 3.23. The third-order valence-corrected chi connectivity index (χ3v) is 6.28. The first-order chi connectivity index (χ1) is 14.3. The number of aromatic nitrogens is 4. The largest absolute Gasteiger partial charge is 0.336 e. The number of para-hydroxylation sites is 1. The Morgan fingerprint density at radius 2 is 1.70 bits per heavy atom. The number of aryl methyl sites for hydroxylation is 1. The van der Waals surface area contributed by atoms with E-state index in [9.17, 15) is 13.2 Å². The van der Waals surface area contributed by atoms with Crippen molar-refractivity contribution >= 4 is 21.7 Å². The molecule has 1 aliphatic heterocycles. The van der Waals surface area contributed by atoms with Gasteiger partial charge in [0, 0.05) is 38.0 Å². The van der Waals surface area contributed by atoms with Crippen LogP contribution in [0.5, 0.6) is 0 Å². The molecule has 4 rings (SSSR count). The summed E-state index contributed by atoms with van der Waals surface area (Å²) in [6, 6.07) is 14.3. The van der Waals surface area contributed by atoms with E-state index < -0.39 is 9.84 Å². The number of nitrogens with zero attached hydrogens (tertiary/aromatic N) is 6. The van der Waals surface area contributed by atoms with E-state index in [0.717, 1.165) is 17.5 Å². The molecule has 1 saturated heterocycles. The number of rotatable bonds is 4. The van der Waals surface area contributed by atoms with Crippen LogP contribution < -0.4 is 4.90 Å². The summed E-state index contributed by atoms with van der Waals surface area (Å²) >= 11 is 0. The number of piperazine rings is 1. The second-order valence-electron chi connectivity index (χ2n) is 7.25. The van der Waals surface area contributed by atoms with E-state index in [1.54, 1.807) is 15.6 Å². The van der Waals surface area contributed by atoms with Crippen molar-refractivity contribution in [3.63, 3.8) is 0 Å². The van der Waals surface area contributed by atoms with Gasteiger partial charge in [-0.05, 0) is 47.2 Å². The lowest BCUT2D eigenvalue weighted by Gasteiger charge is -2.35. The highest BCUT2D eigenvalue weighted by Crippen LogP contribution is 2.20. The zero-order valence-electron chi connectivity index (χ0n) is 16.8. The molecular formula is C20H22N6O3S.